The standard InChI is InChI=1S/C19H23FN2O3/c1-19(2)11-16(23)10-17(25-19)18(24)22-9-3-4-15(12-22)21-14-7-5-13(20)6-8-14/h5-8,10,15,21H,3-4,9,11-12H2,1-2H3. The van der Waals surface area contributed by atoms with E-state index in [1.54, 1.807) is 30.9 Å². The maximum Gasteiger partial charge on any atom is 0.289 e. The van der Waals surface area contributed by atoms with Gasteiger partial charge >= 0.3 is 0 Å². The number of hydrogen-bond donors (Lipinski definition) is 1. The molecule has 25 heavy (non-hydrogen) atoms. The van der Waals surface area contributed by atoms with Gasteiger partial charge < -0.3 is 15.0 Å². The van der Waals surface area contributed by atoms with Gasteiger partial charge in [-0.2, -0.15) is 0 Å². The molecule has 1 N–H and O–H groups in total. The van der Waals surface area contributed by atoms with Crippen molar-refractivity contribution in [1.29, 1.82) is 0 Å². The van der Waals surface area contributed by atoms with Crippen LogP contribution in [-0.4, -0.2) is 41.3 Å². The van der Waals surface area contributed by atoms with E-state index in [0.29, 0.717) is 13.1 Å². The van der Waals surface area contributed by atoms with Gasteiger partial charge in [0.25, 0.3) is 5.91 Å². The van der Waals surface area contributed by atoms with Crippen LogP contribution < -0.4 is 5.32 Å². The highest BCUT2D eigenvalue weighted by molar-refractivity contribution is 6.01. The molecule has 1 fully saturated rings. The zero-order chi connectivity index (χ0) is 18.0. The molecule has 0 spiro atoms. The van der Waals surface area contributed by atoms with Crippen molar-refractivity contribution in [2.75, 3.05) is 18.4 Å². The molecule has 0 aromatic heterocycles. The van der Waals surface area contributed by atoms with E-state index >= 15 is 0 Å². The molecule has 0 radical (unpaired) electrons. The van der Waals surface area contributed by atoms with Crippen molar-refractivity contribution in [2.24, 2.45) is 0 Å². The summed E-state index contributed by atoms with van der Waals surface area (Å²) in [6.45, 7) is 4.77. The van der Waals surface area contributed by atoms with Crippen LogP contribution in [-0.2, 0) is 14.3 Å². The van der Waals surface area contributed by atoms with Crippen LogP contribution in [0.4, 0.5) is 10.1 Å². The SMILES string of the molecule is CC1(C)CC(=O)C=C(C(=O)N2CCCC(Nc3ccc(F)cc3)C2)O1. The predicted octanol–water partition coefficient (Wildman–Crippen LogP) is 2.88. The summed E-state index contributed by atoms with van der Waals surface area (Å²) in [6, 6.07) is 6.26. The number of carbonyl (C=O) groups is 2. The Labute approximate surface area is 146 Å². The number of amides is 1. The Balaban J connectivity index is 1.65. The van der Waals surface area contributed by atoms with Gasteiger partial charge in [-0.1, -0.05) is 0 Å². The van der Waals surface area contributed by atoms with Gasteiger partial charge in [-0.25, -0.2) is 4.39 Å². The Morgan fingerprint density at radius 1 is 1.32 bits per heavy atom. The van der Waals surface area contributed by atoms with E-state index in [9.17, 15) is 14.0 Å². The molecule has 1 aromatic rings. The molecular formula is C19H23FN2O3. The summed E-state index contributed by atoms with van der Waals surface area (Å²) in [5.41, 5.74) is 0.170. The maximum absolute atomic E-state index is 13.0. The topological polar surface area (TPSA) is 58.6 Å². The fourth-order valence-corrected chi connectivity index (χ4v) is 3.30. The Morgan fingerprint density at radius 3 is 2.72 bits per heavy atom. The summed E-state index contributed by atoms with van der Waals surface area (Å²) in [5, 5.41) is 3.33. The van der Waals surface area contributed by atoms with Crippen molar-refractivity contribution < 1.29 is 18.7 Å². The molecule has 3 rings (SSSR count). The number of nitrogens with one attached hydrogen (secondary N) is 1. The molecule has 2 aliphatic rings. The predicted molar refractivity (Wildman–Crippen MR) is 92.5 cm³/mol. The third-order valence-electron chi connectivity index (χ3n) is 4.41. The van der Waals surface area contributed by atoms with Crippen LogP contribution >= 0.6 is 0 Å². The van der Waals surface area contributed by atoms with Gasteiger partial charge in [0.1, 0.15) is 11.4 Å². The zero-order valence-corrected chi connectivity index (χ0v) is 14.5. The fourth-order valence-electron chi connectivity index (χ4n) is 3.30. The van der Waals surface area contributed by atoms with E-state index in [-0.39, 0.29) is 35.7 Å². The van der Waals surface area contributed by atoms with Gasteiger partial charge in [0, 0.05) is 37.3 Å². The van der Waals surface area contributed by atoms with Gasteiger partial charge in [-0.05, 0) is 51.0 Å². The Morgan fingerprint density at radius 2 is 2.04 bits per heavy atom. The lowest BCUT2D eigenvalue weighted by Crippen LogP contribution is -2.47. The van der Waals surface area contributed by atoms with Crippen LogP contribution in [0.5, 0.6) is 0 Å². The number of ether oxygens (including phenoxy) is 1. The van der Waals surface area contributed by atoms with E-state index in [2.05, 4.69) is 5.32 Å². The molecule has 1 atom stereocenters. The fraction of sp³-hybridized carbons (Fsp3) is 0.474. The number of halogens is 1. The molecule has 0 aliphatic carbocycles. The van der Waals surface area contributed by atoms with Gasteiger partial charge in [0.2, 0.25) is 0 Å². The highest BCUT2D eigenvalue weighted by atomic mass is 19.1. The van der Waals surface area contributed by atoms with Crippen LogP contribution in [0.15, 0.2) is 36.1 Å². The maximum atomic E-state index is 13.0. The smallest absolute Gasteiger partial charge is 0.289 e. The summed E-state index contributed by atoms with van der Waals surface area (Å²) in [5.74, 6) is -0.479. The van der Waals surface area contributed by atoms with Crippen LogP contribution in [0.3, 0.4) is 0 Å². The first-order chi connectivity index (χ1) is 11.8. The lowest BCUT2D eigenvalue weighted by atomic mass is 9.98. The van der Waals surface area contributed by atoms with Gasteiger partial charge in [-0.3, -0.25) is 9.59 Å². The lowest BCUT2D eigenvalue weighted by molar-refractivity contribution is -0.138. The summed E-state index contributed by atoms with van der Waals surface area (Å²) >= 11 is 0. The third kappa shape index (κ3) is 4.38. The molecule has 1 aromatic carbocycles. The van der Waals surface area contributed by atoms with Crippen molar-refractivity contribution in [1.82, 2.24) is 4.90 Å². The van der Waals surface area contributed by atoms with Crippen molar-refractivity contribution in [2.45, 2.75) is 44.8 Å². The largest absolute Gasteiger partial charge is 0.481 e. The van der Waals surface area contributed by atoms with Crippen molar-refractivity contribution in [3.05, 3.63) is 41.9 Å². The van der Waals surface area contributed by atoms with Crippen LogP contribution in [0.2, 0.25) is 0 Å². The zero-order valence-electron chi connectivity index (χ0n) is 14.5. The molecule has 1 amide bonds. The van der Waals surface area contributed by atoms with Crippen LogP contribution in [0.1, 0.15) is 33.1 Å². The van der Waals surface area contributed by atoms with E-state index in [4.69, 9.17) is 4.74 Å². The minimum Gasteiger partial charge on any atom is -0.481 e. The number of allylic oxidation sites excluding steroid dienone is 1. The lowest BCUT2D eigenvalue weighted by Gasteiger charge is -2.36. The summed E-state index contributed by atoms with van der Waals surface area (Å²) in [7, 11) is 0. The highest BCUT2D eigenvalue weighted by Gasteiger charge is 2.34. The average Bonchev–Trinajstić information content (AvgIpc) is 2.55. The van der Waals surface area contributed by atoms with Crippen molar-refractivity contribution >= 4 is 17.4 Å². The molecule has 1 unspecified atom stereocenters. The summed E-state index contributed by atoms with van der Waals surface area (Å²) in [4.78, 5) is 26.3. The third-order valence-corrected chi connectivity index (χ3v) is 4.41. The Kier molecular flexibility index (Phi) is 4.79. The number of anilines is 1. The van der Waals surface area contributed by atoms with E-state index < -0.39 is 5.60 Å². The monoisotopic (exact) mass is 346 g/mol. The molecule has 134 valence electrons. The molecule has 2 aliphatic heterocycles. The minimum absolute atomic E-state index is 0.0797. The second kappa shape index (κ2) is 6.86. The first kappa shape index (κ1) is 17.5. The normalized spacial score (nSPS) is 22.8. The quantitative estimate of drug-likeness (QED) is 0.914. The Hall–Kier alpha value is -2.37. The molecule has 6 heteroatoms. The number of piperidine rings is 1. The van der Waals surface area contributed by atoms with Crippen LogP contribution in [0, 0.1) is 5.82 Å². The van der Waals surface area contributed by atoms with Gasteiger partial charge in [-0.15, -0.1) is 0 Å². The van der Waals surface area contributed by atoms with Crippen LogP contribution in [0.25, 0.3) is 0 Å². The number of nitrogens with zero attached hydrogens (tertiary/aromatic N) is 1. The first-order valence-electron chi connectivity index (χ1n) is 8.57. The number of carbonyl (C=O) groups excluding carboxylic acids is 2. The molecular weight excluding hydrogens is 323 g/mol. The number of likely N-dealkylation sites (tertiary alicyclic amines) is 1. The molecule has 0 bridgehead atoms. The molecule has 1 saturated heterocycles. The number of rotatable bonds is 3. The molecule has 0 saturated carbocycles. The Bertz CT molecular complexity index is 697. The highest BCUT2D eigenvalue weighted by Crippen LogP contribution is 2.27. The first-order valence-corrected chi connectivity index (χ1v) is 8.57. The summed E-state index contributed by atoms with van der Waals surface area (Å²) < 4.78 is 18.7. The van der Waals surface area contributed by atoms with E-state index in [0.717, 1.165) is 18.5 Å². The minimum atomic E-state index is -0.654. The van der Waals surface area contributed by atoms with Crippen molar-refractivity contribution in [3.8, 4) is 0 Å². The number of ketones is 1. The van der Waals surface area contributed by atoms with E-state index in [1.165, 1.54) is 18.2 Å². The van der Waals surface area contributed by atoms with Gasteiger partial charge in [0.05, 0.1) is 0 Å². The van der Waals surface area contributed by atoms with Crippen molar-refractivity contribution in [3.63, 3.8) is 0 Å². The molecule has 2 heterocycles. The second-order valence-corrected chi connectivity index (χ2v) is 7.25. The van der Waals surface area contributed by atoms with Gasteiger partial charge in [0.15, 0.2) is 11.5 Å². The number of benzene rings is 1. The molecule has 5 nitrogen and oxygen atoms in total. The summed E-state index contributed by atoms with van der Waals surface area (Å²) in [6.07, 6.45) is 3.36. The van der Waals surface area contributed by atoms with E-state index in [1.807, 2.05) is 0 Å². The average molecular weight is 346 g/mol. The second-order valence-electron chi connectivity index (χ2n) is 7.25. The number of hydrogen-bond acceptors (Lipinski definition) is 4.